The molecule has 33 heavy (non-hydrogen) atoms. The molecular formula is C19H18ClF6N5O2. The Hall–Kier alpha value is -3.09. The van der Waals surface area contributed by atoms with Crippen LogP contribution in [-0.2, 0) is 16.5 Å². The minimum absolute atomic E-state index is 0. The Labute approximate surface area is 189 Å². The van der Waals surface area contributed by atoms with E-state index in [2.05, 4.69) is 20.3 Å². The molecule has 0 unspecified atom stereocenters. The fraction of sp³-hybridized carbons (Fsp3) is 0.368. The molecule has 180 valence electrons. The number of aliphatic imine (C=N–C) groups is 1. The average Bonchev–Trinajstić information content (AvgIpc) is 2.67. The lowest BCUT2D eigenvalue weighted by Gasteiger charge is -2.47. The van der Waals surface area contributed by atoms with Crippen LogP contribution in [0.1, 0.15) is 42.5 Å². The molecular weight excluding hydrogens is 480 g/mol. The summed E-state index contributed by atoms with van der Waals surface area (Å²) in [5, 5.41) is 2.25. The summed E-state index contributed by atoms with van der Waals surface area (Å²) >= 11 is 0. The van der Waals surface area contributed by atoms with Crippen LogP contribution in [-0.4, -0.2) is 33.4 Å². The molecule has 1 amide bonds. The van der Waals surface area contributed by atoms with Gasteiger partial charge in [0.05, 0.1) is 12.4 Å². The smallest absolute Gasteiger partial charge is 0.434 e. The van der Waals surface area contributed by atoms with Crippen LogP contribution in [0, 0.1) is 5.82 Å². The number of nitrogens with zero attached hydrogens (tertiary/aromatic N) is 3. The third-order valence-corrected chi connectivity index (χ3v) is 4.98. The van der Waals surface area contributed by atoms with Gasteiger partial charge in [0, 0.05) is 11.3 Å². The monoisotopic (exact) mass is 497 g/mol. The largest absolute Gasteiger partial charge is 0.448 e. The van der Waals surface area contributed by atoms with Crippen molar-refractivity contribution in [3.63, 3.8) is 0 Å². The van der Waals surface area contributed by atoms with Gasteiger partial charge < -0.3 is 15.8 Å². The summed E-state index contributed by atoms with van der Waals surface area (Å²) in [7, 11) is 0. The van der Waals surface area contributed by atoms with Crippen LogP contribution in [0.2, 0.25) is 0 Å². The van der Waals surface area contributed by atoms with Gasteiger partial charge in [-0.3, -0.25) is 4.79 Å². The average molecular weight is 498 g/mol. The van der Waals surface area contributed by atoms with Crippen molar-refractivity contribution in [1.29, 1.82) is 0 Å². The van der Waals surface area contributed by atoms with Gasteiger partial charge in [0.1, 0.15) is 17.1 Å². The van der Waals surface area contributed by atoms with Crippen LogP contribution in [0.15, 0.2) is 35.6 Å². The molecule has 1 aromatic heterocycles. The van der Waals surface area contributed by atoms with E-state index < -0.39 is 57.9 Å². The van der Waals surface area contributed by atoms with Crippen molar-refractivity contribution in [2.24, 2.45) is 10.7 Å². The van der Waals surface area contributed by atoms with E-state index in [4.69, 9.17) is 10.5 Å². The zero-order valence-corrected chi connectivity index (χ0v) is 18.1. The van der Waals surface area contributed by atoms with Crippen molar-refractivity contribution in [3.8, 4) is 0 Å². The Balaban J connectivity index is 0.00000385. The lowest BCUT2D eigenvalue weighted by molar-refractivity contribution is -0.215. The Bertz CT molecular complexity index is 1090. The molecule has 2 aromatic rings. The molecule has 1 aliphatic rings. The maximum Gasteiger partial charge on any atom is 0.434 e. The molecule has 3 rings (SSSR count). The quantitative estimate of drug-likeness (QED) is 0.616. The minimum Gasteiger partial charge on any atom is -0.448 e. The number of rotatable bonds is 3. The second-order valence-electron chi connectivity index (χ2n) is 7.65. The van der Waals surface area contributed by atoms with E-state index in [1.54, 1.807) is 0 Å². The van der Waals surface area contributed by atoms with Crippen LogP contribution < -0.4 is 11.1 Å². The molecule has 1 aliphatic heterocycles. The van der Waals surface area contributed by atoms with Crippen LogP contribution in [0.4, 0.5) is 32.0 Å². The standard InChI is InChI=1S/C19H17F6N5O2.ClH/c1-16(2)19(24,25)17(3,32-15(26)30-16)10-6-9(4-5-11(10)20)29-14(31)12-7-28-13(8-27-12)18(21,22)23;/h4-8H,1-3H3,(H2,26,30)(H,29,31);1H/t17-;/m1./s1. The van der Waals surface area contributed by atoms with E-state index in [0.717, 1.165) is 39.0 Å². The van der Waals surface area contributed by atoms with Crippen LogP contribution >= 0.6 is 12.4 Å². The first-order valence-corrected chi connectivity index (χ1v) is 9.01. The number of alkyl halides is 5. The van der Waals surface area contributed by atoms with Crippen molar-refractivity contribution in [1.82, 2.24) is 9.97 Å². The first-order valence-electron chi connectivity index (χ1n) is 9.01. The van der Waals surface area contributed by atoms with Crippen molar-refractivity contribution >= 4 is 30.0 Å². The molecule has 0 saturated heterocycles. The third-order valence-electron chi connectivity index (χ3n) is 4.98. The zero-order valence-electron chi connectivity index (χ0n) is 17.3. The number of carbonyl (C=O) groups excluding carboxylic acids is 1. The summed E-state index contributed by atoms with van der Waals surface area (Å²) in [4.78, 5) is 22.4. The van der Waals surface area contributed by atoms with E-state index in [-0.39, 0.29) is 18.1 Å². The molecule has 0 fully saturated rings. The molecule has 0 aliphatic carbocycles. The molecule has 7 nitrogen and oxygen atoms in total. The highest BCUT2D eigenvalue weighted by atomic mass is 35.5. The Kier molecular flexibility index (Phi) is 6.63. The predicted molar refractivity (Wildman–Crippen MR) is 108 cm³/mol. The number of halogens is 7. The maximum absolute atomic E-state index is 15.2. The topological polar surface area (TPSA) is 102 Å². The fourth-order valence-corrected chi connectivity index (χ4v) is 3.21. The fourth-order valence-electron chi connectivity index (χ4n) is 3.21. The molecule has 14 heteroatoms. The van der Waals surface area contributed by atoms with Crippen LogP contribution in [0.5, 0.6) is 0 Å². The van der Waals surface area contributed by atoms with E-state index in [1.807, 2.05) is 0 Å². The van der Waals surface area contributed by atoms with Gasteiger partial charge >= 0.3 is 12.1 Å². The van der Waals surface area contributed by atoms with Gasteiger partial charge in [0.15, 0.2) is 5.69 Å². The summed E-state index contributed by atoms with van der Waals surface area (Å²) in [5.74, 6) is -5.79. The number of anilines is 1. The zero-order chi connectivity index (χ0) is 24.1. The lowest BCUT2D eigenvalue weighted by atomic mass is 9.78. The van der Waals surface area contributed by atoms with E-state index in [9.17, 15) is 22.4 Å². The van der Waals surface area contributed by atoms with E-state index in [0.29, 0.717) is 12.4 Å². The van der Waals surface area contributed by atoms with E-state index in [1.165, 1.54) is 0 Å². The van der Waals surface area contributed by atoms with Gasteiger partial charge in [-0.15, -0.1) is 12.4 Å². The molecule has 3 N–H and O–H groups in total. The van der Waals surface area contributed by atoms with Gasteiger partial charge in [-0.1, -0.05) is 0 Å². The number of carbonyl (C=O) groups is 1. The number of hydrogen-bond acceptors (Lipinski definition) is 6. The van der Waals surface area contributed by atoms with Crippen LogP contribution in [0.25, 0.3) is 0 Å². The number of hydrogen-bond donors (Lipinski definition) is 2. The molecule has 1 atom stereocenters. The highest BCUT2D eigenvalue weighted by molar-refractivity contribution is 6.02. The highest BCUT2D eigenvalue weighted by Crippen LogP contribution is 2.51. The number of amidine groups is 1. The number of aromatic nitrogens is 2. The normalized spacial score (nSPS) is 21.3. The molecule has 0 bridgehead atoms. The molecule has 1 aromatic carbocycles. The first-order chi connectivity index (χ1) is 14.6. The summed E-state index contributed by atoms with van der Waals surface area (Å²) in [5.41, 5.74) is -1.63. The molecule has 0 radical (unpaired) electrons. The van der Waals surface area contributed by atoms with Gasteiger partial charge in [-0.25, -0.2) is 19.4 Å². The molecule has 2 heterocycles. The number of ether oxygens (including phenoxy) is 1. The van der Waals surface area contributed by atoms with Crippen LogP contribution in [0.3, 0.4) is 0 Å². The summed E-state index contributed by atoms with van der Waals surface area (Å²) in [6, 6.07) is 2.23. The number of amides is 1. The van der Waals surface area contributed by atoms with Gasteiger partial charge in [-0.05, 0) is 39.0 Å². The molecule has 0 saturated carbocycles. The van der Waals surface area contributed by atoms with Gasteiger partial charge in [0.25, 0.3) is 11.9 Å². The van der Waals surface area contributed by atoms with Crippen molar-refractivity contribution in [2.75, 3.05) is 5.32 Å². The Morgan fingerprint density at radius 3 is 2.30 bits per heavy atom. The van der Waals surface area contributed by atoms with E-state index >= 15 is 8.78 Å². The number of nitrogens with one attached hydrogen (secondary N) is 1. The van der Waals surface area contributed by atoms with Crippen molar-refractivity contribution in [3.05, 3.63) is 53.4 Å². The number of benzene rings is 1. The first kappa shape index (κ1) is 26.2. The summed E-state index contributed by atoms with van der Waals surface area (Å²) in [6.07, 6.45) is -3.78. The van der Waals surface area contributed by atoms with Crippen molar-refractivity contribution in [2.45, 2.75) is 44.0 Å². The predicted octanol–water partition coefficient (Wildman–Crippen LogP) is 4.28. The van der Waals surface area contributed by atoms with Crippen molar-refractivity contribution < 1.29 is 35.9 Å². The summed E-state index contributed by atoms with van der Waals surface area (Å²) in [6.45, 7) is 3.14. The highest BCUT2D eigenvalue weighted by Gasteiger charge is 2.66. The second kappa shape index (κ2) is 8.36. The SMILES string of the molecule is CC1(C)N=C(N)O[C@](C)(c2cc(NC(=O)c3cnc(C(F)(F)F)cn3)ccc2F)C1(F)F.Cl. The maximum atomic E-state index is 15.2. The second-order valence-corrected chi connectivity index (χ2v) is 7.65. The van der Waals surface area contributed by atoms with Gasteiger partial charge in [-0.2, -0.15) is 22.0 Å². The Morgan fingerprint density at radius 1 is 1.12 bits per heavy atom. The molecule has 0 spiro atoms. The van der Waals surface area contributed by atoms with Gasteiger partial charge in [0.2, 0.25) is 5.60 Å². The third kappa shape index (κ3) is 4.54. The Morgan fingerprint density at radius 2 is 1.76 bits per heavy atom. The summed E-state index contributed by atoms with van der Waals surface area (Å²) < 4.78 is 87.8. The number of nitrogens with two attached hydrogens (primary N) is 1. The lowest BCUT2D eigenvalue weighted by Crippen LogP contribution is -2.62. The minimum atomic E-state index is -4.74.